The number of esters is 2. The highest BCUT2D eigenvalue weighted by molar-refractivity contribution is 6.05. The Labute approximate surface area is 157 Å². The smallest absolute Gasteiger partial charge is 0.336 e. The van der Waals surface area contributed by atoms with Gasteiger partial charge in [-0.25, -0.2) is 9.59 Å². The van der Waals surface area contributed by atoms with Crippen LogP contribution in [0.1, 0.15) is 5.56 Å². The molecule has 1 amide bonds. The fourth-order valence-electron chi connectivity index (χ4n) is 3.07. The number of benzene rings is 1. The molecule has 12 heteroatoms. The van der Waals surface area contributed by atoms with Crippen LogP contribution in [0, 0.1) is 10.1 Å². The number of non-ortho nitro benzene ring substituents is 1. The first-order valence-electron chi connectivity index (χ1n) is 7.95. The number of nitrogens with zero attached hydrogens (tertiary/aromatic N) is 5. The molecule has 3 rings (SSSR count). The minimum Gasteiger partial charge on any atom is -0.466 e. The minimum absolute atomic E-state index is 0.0785. The van der Waals surface area contributed by atoms with Crippen molar-refractivity contribution >= 4 is 23.5 Å². The number of amides is 1. The Morgan fingerprint density at radius 2 is 2.04 bits per heavy atom. The number of ether oxygens (including phenoxy) is 2. The number of β-lactam (4-membered cyclic amide) rings is 1. The molecule has 1 aromatic rings. The standard InChI is InChI=1S/C16H13N5O7/c1-27-15(23)10-6-11-12(18-19-17)14(22)20(11)13(10)16(24)28-7-8-2-4-9(5-3-8)21(25)26/h2-6,11-13H,7H2,1H3. The highest BCUT2D eigenvalue weighted by Gasteiger charge is 2.57. The van der Waals surface area contributed by atoms with Gasteiger partial charge in [0, 0.05) is 17.0 Å². The molecule has 0 radical (unpaired) electrons. The van der Waals surface area contributed by atoms with E-state index in [-0.39, 0.29) is 17.9 Å². The first-order valence-corrected chi connectivity index (χ1v) is 7.95. The van der Waals surface area contributed by atoms with Crippen LogP contribution in [0.5, 0.6) is 0 Å². The average Bonchev–Trinajstić information content (AvgIpc) is 3.06. The number of rotatable bonds is 6. The van der Waals surface area contributed by atoms with Gasteiger partial charge in [-0.05, 0) is 29.3 Å². The summed E-state index contributed by atoms with van der Waals surface area (Å²) in [7, 11) is 1.13. The van der Waals surface area contributed by atoms with Crippen molar-refractivity contribution in [2.45, 2.75) is 24.7 Å². The normalized spacial score (nSPS) is 22.3. The van der Waals surface area contributed by atoms with E-state index in [0.717, 1.165) is 12.0 Å². The molecule has 1 saturated heterocycles. The van der Waals surface area contributed by atoms with Gasteiger partial charge in [0.25, 0.3) is 5.69 Å². The molecule has 3 atom stereocenters. The molecule has 0 aliphatic carbocycles. The minimum atomic E-state index is -1.31. The maximum atomic E-state index is 12.5. The van der Waals surface area contributed by atoms with Crippen LogP contribution in [0.3, 0.4) is 0 Å². The van der Waals surface area contributed by atoms with Crippen molar-refractivity contribution in [3.63, 3.8) is 0 Å². The van der Waals surface area contributed by atoms with E-state index < -0.39 is 40.9 Å². The molecule has 28 heavy (non-hydrogen) atoms. The number of carbonyl (C=O) groups excluding carboxylic acids is 3. The second kappa shape index (κ2) is 7.37. The molecule has 0 N–H and O–H groups in total. The van der Waals surface area contributed by atoms with Crippen LogP contribution < -0.4 is 0 Å². The Morgan fingerprint density at radius 3 is 2.61 bits per heavy atom. The third kappa shape index (κ3) is 3.12. The fourth-order valence-corrected chi connectivity index (χ4v) is 3.07. The van der Waals surface area contributed by atoms with Crippen molar-refractivity contribution in [2.75, 3.05) is 7.11 Å². The van der Waals surface area contributed by atoms with E-state index in [1.54, 1.807) is 0 Å². The average molecular weight is 387 g/mol. The van der Waals surface area contributed by atoms with Crippen LogP contribution in [0.2, 0.25) is 0 Å². The zero-order chi connectivity index (χ0) is 20.4. The predicted octanol–water partition coefficient (Wildman–Crippen LogP) is 1.01. The summed E-state index contributed by atoms with van der Waals surface area (Å²) in [5.74, 6) is -2.28. The highest BCUT2D eigenvalue weighted by atomic mass is 16.6. The van der Waals surface area contributed by atoms with Gasteiger partial charge >= 0.3 is 11.9 Å². The second-order valence-electron chi connectivity index (χ2n) is 5.93. The molecular weight excluding hydrogens is 374 g/mol. The number of hydrogen-bond acceptors (Lipinski definition) is 8. The van der Waals surface area contributed by atoms with Crippen LogP contribution >= 0.6 is 0 Å². The van der Waals surface area contributed by atoms with Gasteiger partial charge in [0.2, 0.25) is 5.91 Å². The largest absolute Gasteiger partial charge is 0.466 e. The van der Waals surface area contributed by atoms with Crippen molar-refractivity contribution in [3.8, 4) is 0 Å². The van der Waals surface area contributed by atoms with Crippen LogP contribution in [-0.2, 0) is 30.5 Å². The molecule has 0 aromatic heterocycles. The first kappa shape index (κ1) is 18.9. The molecule has 1 fully saturated rings. The predicted molar refractivity (Wildman–Crippen MR) is 90.3 cm³/mol. The van der Waals surface area contributed by atoms with Crippen molar-refractivity contribution < 1.29 is 28.8 Å². The lowest BCUT2D eigenvalue weighted by atomic mass is 9.98. The van der Waals surface area contributed by atoms with Crippen LogP contribution in [0.4, 0.5) is 5.69 Å². The maximum absolute atomic E-state index is 12.5. The molecule has 2 aliphatic rings. The summed E-state index contributed by atoms with van der Waals surface area (Å²) in [6, 6.07) is 2.30. The quantitative estimate of drug-likeness (QED) is 0.134. The summed E-state index contributed by atoms with van der Waals surface area (Å²) in [5.41, 5.74) is 8.84. The number of carbonyl (C=O) groups is 3. The number of hydrogen-bond donors (Lipinski definition) is 0. The van der Waals surface area contributed by atoms with Crippen molar-refractivity contribution in [1.82, 2.24) is 4.90 Å². The molecule has 12 nitrogen and oxygen atoms in total. The lowest BCUT2D eigenvalue weighted by Gasteiger charge is -2.42. The third-order valence-corrected chi connectivity index (χ3v) is 4.42. The molecular formula is C16H13N5O7. The zero-order valence-corrected chi connectivity index (χ0v) is 14.4. The summed E-state index contributed by atoms with van der Waals surface area (Å²) >= 11 is 0. The monoisotopic (exact) mass is 387 g/mol. The topological polar surface area (TPSA) is 165 Å². The second-order valence-corrected chi connectivity index (χ2v) is 5.93. The Bertz CT molecular complexity index is 935. The molecule has 144 valence electrons. The maximum Gasteiger partial charge on any atom is 0.336 e. The molecule has 0 bridgehead atoms. The van der Waals surface area contributed by atoms with Gasteiger partial charge in [-0.1, -0.05) is 5.11 Å². The van der Waals surface area contributed by atoms with Gasteiger partial charge in [0.05, 0.1) is 23.6 Å². The Hall–Kier alpha value is -3.92. The van der Waals surface area contributed by atoms with E-state index in [1.807, 2.05) is 0 Å². The summed E-state index contributed by atoms with van der Waals surface area (Å²) in [5, 5.41) is 14.0. The summed E-state index contributed by atoms with van der Waals surface area (Å²) in [6.45, 7) is -0.214. The van der Waals surface area contributed by atoms with Crippen molar-refractivity contribution in [2.24, 2.45) is 5.11 Å². The Balaban J connectivity index is 1.74. The van der Waals surface area contributed by atoms with E-state index >= 15 is 0 Å². The van der Waals surface area contributed by atoms with Gasteiger partial charge in [-0.15, -0.1) is 0 Å². The molecule has 2 heterocycles. The SMILES string of the molecule is COC(=O)C1=CC2C(N=[N+]=[N-])C(=O)N2C1C(=O)OCc1ccc([N+](=O)[O-])cc1. The first-order chi connectivity index (χ1) is 13.4. The van der Waals surface area contributed by atoms with Crippen molar-refractivity contribution in [1.29, 1.82) is 0 Å². The summed E-state index contributed by atoms with van der Waals surface area (Å²) in [6.07, 6.45) is 1.35. The van der Waals surface area contributed by atoms with E-state index in [1.165, 1.54) is 30.3 Å². The zero-order valence-electron chi connectivity index (χ0n) is 14.4. The number of nitro benzene ring substituents is 1. The van der Waals surface area contributed by atoms with Crippen LogP contribution in [-0.4, -0.2) is 52.9 Å². The van der Waals surface area contributed by atoms with Gasteiger partial charge < -0.3 is 14.4 Å². The van der Waals surface area contributed by atoms with Gasteiger partial charge in [-0.2, -0.15) is 0 Å². The third-order valence-electron chi connectivity index (χ3n) is 4.42. The molecule has 2 aliphatic heterocycles. The van der Waals surface area contributed by atoms with Crippen LogP contribution in [0.15, 0.2) is 41.0 Å². The van der Waals surface area contributed by atoms with Crippen LogP contribution in [0.25, 0.3) is 10.4 Å². The Morgan fingerprint density at radius 1 is 1.36 bits per heavy atom. The lowest BCUT2D eigenvalue weighted by molar-refractivity contribution is -0.384. The Kier molecular flexibility index (Phi) is 4.96. The van der Waals surface area contributed by atoms with Gasteiger partial charge in [0.15, 0.2) is 6.04 Å². The van der Waals surface area contributed by atoms with E-state index in [0.29, 0.717) is 5.56 Å². The summed E-state index contributed by atoms with van der Waals surface area (Å²) in [4.78, 5) is 50.5. The van der Waals surface area contributed by atoms with E-state index in [9.17, 15) is 24.5 Å². The van der Waals surface area contributed by atoms with Gasteiger partial charge in [0.1, 0.15) is 12.6 Å². The number of fused-ring (bicyclic) bond motifs is 1. The van der Waals surface area contributed by atoms with Gasteiger partial charge in [-0.3, -0.25) is 14.9 Å². The van der Waals surface area contributed by atoms with E-state index in [2.05, 4.69) is 14.8 Å². The molecule has 3 unspecified atom stereocenters. The fraction of sp³-hybridized carbons (Fsp3) is 0.312. The molecule has 0 saturated carbocycles. The lowest BCUT2D eigenvalue weighted by Crippen LogP contribution is -2.65. The number of nitro groups is 1. The number of azide groups is 1. The molecule has 0 spiro atoms. The number of methoxy groups -OCH3 is 1. The highest BCUT2D eigenvalue weighted by Crippen LogP contribution is 2.37. The van der Waals surface area contributed by atoms with Crippen molar-refractivity contribution in [3.05, 3.63) is 62.0 Å². The molecule has 1 aromatic carbocycles. The van der Waals surface area contributed by atoms with E-state index in [4.69, 9.17) is 10.3 Å². The summed E-state index contributed by atoms with van der Waals surface area (Å²) < 4.78 is 9.83.